The highest BCUT2D eigenvalue weighted by Crippen LogP contribution is 2.13. The van der Waals surface area contributed by atoms with Crippen molar-refractivity contribution in [1.82, 2.24) is 0 Å². The molecule has 0 aromatic heterocycles. The zero-order valence-corrected chi connectivity index (χ0v) is 11.6. The normalized spacial score (nSPS) is 10.8. The third-order valence-corrected chi connectivity index (χ3v) is 3.24. The molecule has 0 amide bonds. The van der Waals surface area contributed by atoms with Crippen molar-refractivity contribution in [3.63, 3.8) is 0 Å². The zero-order valence-electron chi connectivity index (χ0n) is 10.1. The van der Waals surface area contributed by atoms with Crippen molar-refractivity contribution in [2.45, 2.75) is 6.92 Å². The summed E-state index contributed by atoms with van der Waals surface area (Å²) in [6, 6.07) is 15.5. The second-order valence-electron chi connectivity index (χ2n) is 4.06. The van der Waals surface area contributed by atoms with E-state index in [2.05, 4.69) is 15.9 Å². The van der Waals surface area contributed by atoms with Crippen molar-refractivity contribution >= 4 is 27.8 Å². The van der Waals surface area contributed by atoms with Crippen LogP contribution in [0.1, 0.15) is 21.5 Å². The van der Waals surface area contributed by atoms with Gasteiger partial charge < -0.3 is 0 Å². The molecule has 90 valence electrons. The van der Waals surface area contributed by atoms with Crippen LogP contribution in [0.25, 0.3) is 6.08 Å². The van der Waals surface area contributed by atoms with Crippen LogP contribution in [-0.2, 0) is 0 Å². The van der Waals surface area contributed by atoms with Gasteiger partial charge in [0.2, 0.25) is 0 Å². The van der Waals surface area contributed by atoms with Gasteiger partial charge in [-0.15, -0.1) is 0 Å². The molecular weight excluding hydrogens is 288 g/mol. The van der Waals surface area contributed by atoms with Crippen LogP contribution in [0, 0.1) is 6.92 Å². The number of carbonyl (C=O) groups excluding carboxylic acids is 1. The fourth-order valence-corrected chi connectivity index (χ4v) is 1.95. The Balaban J connectivity index is 2.17. The summed E-state index contributed by atoms with van der Waals surface area (Å²) < 4.78 is 1.03. The molecule has 0 saturated carbocycles. The van der Waals surface area contributed by atoms with Crippen LogP contribution < -0.4 is 0 Å². The first-order valence-corrected chi connectivity index (χ1v) is 6.50. The van der Waals surface area contributed by atoms with Crippen LogP contribution >= 0.6 is 15.9 Å². The standard InChI is InChI=1S/C16H13BrO/c1-12-4-2-3-5-15(12)16(18)11-8-13-6-9-14(17)10-7-13/h2-11H,1H3. The molecule has 0 bridgehead atoms. The highest BCUT2D eigenvalue weighted by atomic mass is 79.9. The molecule has 0 atom stereocenters. The van der Waals surface area contributed by atoms with Crippen LogP contribution in [0.5, 0.6) is 0 Å². The summed E-state index contributed by atoms with van der Waals surface area (Å²) in [6.45, 7) is 1.95. The smallest absolute Gasteiger partial charge is 0.186 e. The van der Waals surface area contributed by atoms with Gasteiger partial charge in [-0.3, -0.25) is 4.79 Å². The minimum atomic E-state index is 0.0380. The second-order valence-corrected chi connectivity index (χ2v) is 4.98. The number of halogens is 1. The van der Waals surface area contributed by atoms with E-state index >= 15 is 0 Å². The Morgan fingerprint density at radius 1 is 1.06 bits per heavy atom. The minimum Gasteiger partial charge on any atom is -0.289 e. The van der Waals surface area contributed by atoms with Crippen LogP contribution in [0.3, 0.4) is 0 Å². The van der Waals surface area contributed by atoms with E-state index in [4.69, 9.17) is 0 Å². The van der Waals surface area contributed by atoms with Crippen LogP contribution in [0.4, 0.5) is 0 Å². The molecule has 2 aromatic carbocycles. The van der Waals surface area contributed by atoms with E-state index < -0.39 is 0 Å². The number of ketones is 1. The van der Waals surface area contributed by atoms with Crippen molar-refractivity contribution in [3.05, 3.63) is 75.8 Å². The molecule has 0 radical (unpaired) electrons. The fraction of sp³-hybridized carbons (Fsp3) is 0.0625. The predicted octanol–water partition coefficient (Wildman–Crippen LogP) is 4.65. The summed E-state index contributed by atoms with van der Waals surface area (Å²) in [5.74, 6) is 0.0380. The maximum atomic E-state index is 12.0. The molecule has 0 spiro atoms. The zero-order chi connectivity index (χ0) is 13.0. The van der Waals surface area contributed by atoms with Crippen molar-refractivity contribution in [2.24, 2.45) is 0 Å². The first-order chi connectivity index (χ1) is 8.66. The minimum absolute atomic E-state index is 0.0380. The average molecular weight is 301 g/mol. The van der Waals surface area contributed by atoms with Gasteiger partial charge in [0.05, 0.1) is 0 Å². The lowest BCUT2D eigenvalue weighted by molar-refractivity contribution is 0.104. The summed E-state index contributed by atoms with van der Waals surface area (Å²) in [4.78, 5) is 12.0. The van der Waals surface area contributed by atoms with E-state index in [-0.39, 0.29) is 5.78 Å². The predicted molar refractivity (Wildman–Crippen MR) is 78.7 cm³/mol. The molecule has 18 heavy (non-hydrogen) atoms. The number of allylic oxidation sites excluding steroid dienone is 1. The molecule has 2 heteroatoms. The van der Waals surface area contributed by atoms with Gasteiger partial charge in [-0.25, -0.2) is 0 Å². The molecule has 2 aromatic rings. The van der Waals surface area contributed by atoms with Crippen LogP contribution in [0.15, 0.2) is 59.1 Å². The molecule has 0 aliphatic carbocycles. The molecule has 2 rings (SSSR count). The van der Waals surface area contributed by atoms with Gasteiger partial charge in [0.1, 0.15) is 0 Å². The highest BCUT2D eigenvalue weighted by Gasteiger charge is 2.03. The third kappa shape index (κ3) is 3.17. The van der Waals surface area contributed by atoms with Crippen molar-refractivity contribution in [1.29, 1.82) is 0 Å². The Morgan fingerprint density at radius 2 is 1.72 bits per heavy atom. The molecule has 0 N–H and O–H groups in total. The number of hydrogen-bond donors (Lipinski definition) is 0. The largest absolute Gasteiger partial charge is 0.289 e. The molecule has 0 aliphatic rings. The lowest BCUT2D eigenvalue weighted by Crippen LogP contribution is -1.96. The van der Waals surface area contributed by atoms with Gasteiger partial charge in [0, 0.05) is 10.0 Å². The quantitative estimate of drug-likeness (QED) is 0.595. The number of hydrogen-bond acceptors (Lipinski definition) is 1. The Labute approximate surface area is 115 Å². The summed E-state index contributed by atoms with van der Waals surface area (Å²) in [6.07, 6.45) is 3.45. The molecule has 0 heterocycles. The Morgan fingerprint density at radius 3 is 2.39 bits per heavy atom. The number of aryl methyl sites for hydroxylation is 1. The van der Waals surface area contributed by atoms with Gasteiger partial charge in [-0.05, 0) is 36.3 Å². The van der Waals surface area contributed by atoms with Crippen LogP contribution in [0.2, 0.25) is 0 Å². The van der Waals surface area contributed by atoms with E-state index in [0.29, 0.717) is 0 Å². The summed E-state index contributed by atoms with van der Waals surface area (Å²) in [7, 11) is 0. The summed E-state index contributed by atoms with van der Waals surface area (Å²) in [5.41, 5.74) is 2.77. The van der Waals surface area contributed by atoms with Crippen molar-refractivity contribution in [3.8, 4) is 0 Å². The lowest BCUT2D eigenvalue weighted by atomic mass is 10.0. The molecule has 1 nitrogen and oxygen atoms in total. The number of benzene rings is 2. The first kappa shape index (κ1) is 12.8. The van der Waals surface area contributed by atoms with E-state index in [1.807, 2.05) is 61.5 Å². The number of carbonyl (C=O) groups is 1. The van der Waals surface area contributed by atoms with E-state index in [9.17, 15) is 4.79 Å². The molecular formula is C16H13BrO. The molecule has 0 saturated heterocycles. The summed E-state index contributed by atoms with van der Waals surface area (Å²) in [5, 5.41) is 0. The molecule has 0 fully saturated rings. The lowest BCUT2D eigenvalue weighted by Gasteiger charge is -2.00. The highest BCUT2D eigenvalue weighted by molar-refractivity contribution is 9.10. The Hall–Kier alpha value is -1.67. The molecule has 0 unspecified atom stereocenters. The van der Waals surface area contributed by atoms with Gasteiger partial charge >= 0.3 is 0 Å². The average Bonchev–Trinajstić information content (AvgIpc) is 2.38. The van der Waals surface area contributed by atoms with Crippen LogP contribution in [-0.4, -0.2) is 5.78 Å². The Bertz CT molecular complexity index is 582. The second kappa shape index (κ2) is 5.78. The first-order valence-electron chi connectivity index (χ1n) is 5.70. The van der Waals surface area contributed by atoms with E-state index in [1.54, 1.807) is 6.08 Å². The van der Waals surface area contributed by atoms with E-state index in [1.165, 1.54) is 0 Å². The SMILES string of the molecule is Cc1ccccc1C(=O)C=Cc1ccc(Br)cc1. The van der Waals surface area contributed by atoms with Gasteiger partial charge in [-0.1, -0.05) is 58.4 Å². The monoisotopic (exact) mass is 300 g/mol. The van der Waals surface area contributed by atoms with Gasteiger partial charge in [0.15, 0.2) is 5.78 Å². The van der Waals surface area contributed by atoms with Gasteiger partial charge in [-0.2, -0.15) is 0 Å². The van der Waals surface area contributed by atoms with Gasteiger partial charge in [0.25, 0.3) is 0 Å². The maximum Gasteiger partial charge on any atom is 0.186 e. The topological polar surface area (TPSA) is 17.1 Å². The number of rotatable bonds is 3. The van der Waals surface area contributed by atoms with E-state index in [0.717, 1.165) is 21.2 Å². The third-order valence-electron chi connectivity index (χ3n) is 2.71. The Kier molecular flexibility index (Phi) is 4.11. The molecule has 0 aliphatic heterocycles. The maximum absolute atomic E-state index is 12.0. The van der Waals surface area contributed by atoms with Crippen molar-refractivity contribution in [2.75, 3.05) is 0 Å². The fourth-order valence-electron chi connectivity index (χ4n) is 1.68. The summed E-state index contributed by atoms with van der Waals surface area (Å²) >= 11 is 3.38. The van der Waals surface area contributed by atoms with Crippen molar-refractivity contribution < 1.29 is 4.79 Å².